The van der Waals surface area contributed by atoms with Gasteiger partial charge in [-0.3, -0.25) is 14.6 Å². The number of nitrogens with zero attached hydrogens (tertiary/aromatic N) is 2. The van der Waals surface area contributed by atoms with E-state index in [1.165, 1.54) is 18.4 Å². The van der Waals surface area contributed by atoms with E-state index in [9.17, 15) is 15.0 Å². The summed E-state index contributed by atoms with van der Waals surface area (Å²) in [6.45, 7) is 2.60. The maximum Gasteiger partial charge on any atom is 0.221 e. The van der Waals surface area contributed by atoms with E-state index in [1.807, 2.05) is 30.3 Å². The zero-order valence-corrected chi connectivity index (χ0v) is 22.0. The van der Waals surface area contributed by atoms with Gasteiger partial charge in [0.2, 0.25) is 5.91 Å². The Kier molecular flexibility index (Phi) is 4.74. The normalized spacial score (nSPS) is 38.5. The summed E-state index contributed by atoms with van der Waals surface area (Å²) in [5, 5.41) is 26.5. The molecule has 3 saturated heterocycles. The summed E-state index contributed by atoms with van der Waals surface area (Å²) in [7, 11) is 2.15. The van der Waals surface area contributed by atoms with Crippen molar-refractivity contribution in [3.05, 3.63) is 59.2 Å². The maximum atomic E-state index is 13.3. The van der Waals surface area contributed by atoms with Crippen molar-refractivity contribution in [3.63, 3.8) is 0 Å². The molecule has 1 amide bonds. The number of benzene rings is 2. The highest BCUT2D eigenvalue weighted by atomic mass is 16.5. The van der Waals surface area contributed by atoms with Gasteiger partial charge in [-0.2, -0.15) is 0 Å². The van der Waals surface area contributed by atoms with Crippen molar-refractivity contribution < 1.29 is 19.7 Å². The molecule has 9 rings (SSSR count). The summed E-state index contributed by atoms with van der Waals surface area (Å²) < 4.78 is 6.68. The van der Waals surface area contributed by atoms with Gasteiger partial charge in [-0.15, -0.1) is 0 Å². The van der Waals surface area contributed by atoms with Crippen LogP contribution in [0, 0.1) is 5.92 Å². The van der Waals surface area contributed by atoms with Crippen molar-refractivity contribution in [2.45, 2.75) is 86.2 Å². The van der Waals surface area contributed by atoms with Crippen LogP contribution in [0.3, 0.4) is 0 Å². The summed E-state index contributed by atoms with van der Waals surface area (Å²) in [4.78, 5) is 18.5. The van der Waals surface area contributed by atoms with E-state index in [2.05, 4.69) is 28.2 Å². The van der Waals surface area contributed by atoms with Crippen LogP contribution in [0.2, 0.25) is 0 Å². The summed E-state index contributed by atoms with van der Waals surface area (Å²) in [5.41, 5.74) is 1.67. The first-order chi connectivity index (χ1) is 18.4. The molecule has 4 heterocycles. The number of aromatic hydroxyl groups is 1. The summed E-state index contributed by atoms with van der Waals surface area (Å²) in [6.07, 6.45) is 5.72. The van der Waals surface area contributed by atoms with Gasteiger partial charge in [-0.05, 0) is 75.2 Å². The van der Waals surface area contributed by atoms with Crippen LogP contribution in [0.1, 0.15) is 55.2 Å². The zero-order valence-electron chi connectivity index (χ0n) is 22.0. The molecule has 5 fully saturated rings. The van der Waals surface area contributed by atoms with Gasteiger partial charge >= 0.3 is 0 Å². The standard InChI is InChI=1S/C31H37N3O4/c1-33-23(16-25(36)32-17-19-5-3-2-4-6-19)30(37)11-12-31(33)24-15-21-9-10-22(35)27-26(21)29(31,28(30)38-27)13-14-34(24)18-20-7-8-20/h2-6,9-10,20,23-24,28,35,37H,7-8,11-18H2,1H3,(H,32,36)/t23-,24-,28-,29-,30-,31-/m1/s1. The van der Waals surface area contributed by atoms with E-state index in [1.54, 1.807) is 6.07 Å². The number of carbonyl (C=O) groups is 1. The fourth-order valence-electron chi connectivity index (χ4n) is 9.57. The Hall–Kier alpha value is -2.61. The second kappa shape index (κ2) is 7.74. The van der Waals surface area contributed by atoms with Crippen LogP contribution in [-0.2, 0) is 23.2 Å². The Morgan fingerprint density at radius 3 is 2.74 bits per heavy atom. The fraction of sp³-hybridized carbons (Fsp3) is 0.581. The second-order valence-corrected chi connectivity index (χ2v) is 12.8. The minimum atomic E-state index is -1.18. The number of hydrogen-bond acceptors (Lipinski definition) is 6. The Bertz CT molecular complexity index is 1310. The number of likely N-dealkylation sites (tertiary alicyclic amines) is 1. The Morgan fingerprint density at radius 1 is 1.13 bits per heavy atom. The van der Waals surface area contributed by atoms with Gasteiger partial charge in [-0.25, -0.2) is 0 Å². The average molecular weight is 516 g/mol. The second-order valence-electron chi connectivity index (χ2n) is 12.8. The van der Waals surface area contributed by atoms with Gasteiger partial charge < -0.3 is 20.3 Å². The molecule has 2 saturated carbocycles. The van der Waals surface area contributed by atoms with Gasteiger partial charge in [0.25, 0.3) is 0 Å². The number of hydrogen-bond donors (Lipinski definition) is 3. The lowest BCUT2D eigenvalue weighted by Gasteiger charge is -2.76. The first-order valence-electron chi connectivity index (χ1n) is 14.4. The molecule has 38 heavy (non-hydrogen) atoms. The molecule has 2 aromatic rings. The van der Waals surface area contributed by atoms with Crippen LogP contribution in [0.4, 0.5) is 0 Å². The van der Waals surface area contributed by atoms with Crippen molar-refractivity contribution in [2.24, 2.45) is 5.92 Å². The lowest BCUT2D eigenvalue weighted by molar-refractivity contribution is -0.286. The number of rotatable bonds is 6. The number of phenols is 1. The lowest BCUT2D eigenvalue weighted by Crippen LogP contribution is -2.91. The molecule has 0 unspecified atom stereocenters. The predicted molar refractivity (Wildman–Crippen MR) is 142 cm³/mol. The number of ether oxygens (including phenoxy) is 1. The first-order valence-corrected chi connectivity index (χ1v) is 14.4. The van der Waals surface area contributed by atoms with Crippen molar-refractivity contribution in [2.75, 3.05) is 20.1 Å². The maximum absolute atomic E-state index is 13.3. The van der Waals surface area contributed by atoms with E-state index in [4.69, 9.17) is 4.74 Å². The molecule has 7 nitrogen and oxygen atoms in total. The number of piperidine rings is 3. The molecule has 0 aromatic heterocycles. The number of likely N-dealkylation sites (N-methyl/N-ethyl adjacent to an activating group) is 1. The molecule has 7 heteroatoms. The predicted octanol–water partition coefficient (Wildman–Crippen LogP) is 2.72. The topological polar surface area (TPSA) is 85.3 Å². The minimum absolute atomic E-state index is 0.0491. The first kappa shape index (κ1) is 23.3. The van der Waals surface area contributed by atoms with Crippen LogP contribution in [0.5, 0.6) is 11.5 Å². The van der Waals surface area contributed by atoms with E-state index in [0.717, 1.165) is 49.4 Å². The highest BCUT2D eigenvalue weighted by Crippen LogP contribution is 2.72. The van der Waals surface area contributed by atoms with Crippen LogP contribution in [0.15, 0.2) is 42.5 Å². The smallest absolute Gasteiger partial charge is 0.221 e. The monoisotopic (exact) mass is 515 g/mol. The average Bonchev–Trinajstić information content (AvgIpc) is 3.66. The molecule has 6 atom stereocenters. The third kappa shape index (κ3) is 2.77. The third-order valence-electron chi connectivity index (χ3n) is 11.3. The van der Waals surface area contributed by atoms with Crippen molar-refractivity contribution >= 4 is 5.91 Å². The zero-order chi connectivity index (χ0) is 25.9. The van der Waals surface area contributed by atoms with Gasteiger partial charge in [0, 0.05) is 31.1 Å². The summed E-state index contributed by atoms with van der Waals surface area (Å²) >= 11 is 0. The van der Waals surface area contributed by atoms with E-state index < -0.39 is 11.7 Å². The lowest BCUT2D eigenvalue weighted by atomic mass is 9.41. The highest BCUT2D eigenvalue weighted by molar-refractivity contribution is 5.77. The van der Waals surface area contributed by atoms with E-state index in [-0.39, 0.29) is 35.1 Å². The van der Waals surface area contributed by atoms with Crippen molar-refractivity contribution in [3.8, 4) is 11.5 Å². The molecular formula is C31H37N3O4. The van der Waals surface area contributed by atoms with Gasteiger partial charge in [0.1, 0.15) is 11.7 Å². The molecule has 4 bridgehead atoms. The number of aliphatic hydroxyl groups is 1. The number of fused-ring (bicyclic) bond motifs is 2. The van der Waals surface area contributed by atoms with Crippen LogP contribution in [0.25, 0.3) is 0 Å². The van der Waals surface area contributed by atoms with Gasteiger partial charge in [0.05, 0.1) is 17.0 Å². The van der Waals surface area contributed by atoms with Crippen LogP contribution in [-0.4, -0.2) is 75.4 Å². The number of carbonyl (C=O) groups excluding carboxylic acids is 1. The summed E-state index contributed by atoms with van der Waals surface area (Å²) in [5.74, 6) is 1.49. The molecule has 2 aromatic carbocycles. The number of nitrogens with one attached hydrogen (secondary N) is 1. The van der Waals surface area contributed by atoms with E-state index >= 15 is 0 Å². The molecule has 3 aliphatic carbocycles. The molecular weight excluding hydrogens is 478 g/mol. The van der Waals surface area contributed by atoms with Crippen LogP contribution >= 0.6 is 0 Å². The Morgan fingerprint density at radius 2 is 1.95 bits per heavy atom. The summed E-state index contributed by atoms with van der Waals surface area (Å²) in [6, 6.07) is 13.7. The Balaban J connectivity index is 1.20. The van der Waals surface area contributed by atoms with Crippen molar-refractivity contribution in [1.29, 1.82) is 0 Å². The molecule has 3 N–H and O–H groups in total. The minimum Gasteiger partial charge on any atom is -0.504 e. The molecule has 0 radical (unpaired) electrons. The highest BCUT2D eigenvalue weighted by Gasteiger charge is 2.82. The largest absolute Gasteiger partial charge is 0.504 e. The Labute approximate surface area is 223 Å². The molecule has 4 aliphatic heterocycles. The van der Waals surface area contributed by atoms with Crippen LogP contribution < -0.4 is 10.1 Å². The SMILES string of the molecule is CN1[C@H](CC(=O)NCc2ccccc2)[C@]2(O)CC[C@]13[C@H]1Cc4ccc(O)c5c4[C@]3(CCN1CC1CC1)[C@H]2O5. The fourth-order valence-corrected chi connectivity index (χ4v) is 9.57. The van der Waals surface area contributed by atoms with Gasteiger partial charge in [0.15, 0.2) is 11.5 Å². The molecule has 7 aliphatic rings. The quantitative estimate of drug-likeness (QED) is 0.549. The number of amides is 1. The van der Waals surface area contributed by atoms with E-state index in [0.29, 0.717) is 24.8 Å². The molecule has 2 spiro atoms. The van der Waals surface area contributed by atoms with Crippen molar-refractivity contribution in [1.82, 2.24) is 15.1 Å². The molecule has 200 valence electrons. The third-order valence-corrected chi connectivity index (χ3v) is 11.3. The van der Waals surface area contributed by atoms with Gasteiger partial charge in [-0.1, -0.05) is 36.4 Å². The number of phenolic OH excluding ortho intramolecular Hbond substituents is 1.